The number of hydrogen-bond acceptors (Lipinski definition) is 4. The van der Waals surface area contributed by atoms with Crippen LogP contribution in [0, 0.1) is 0 Å². The van der Waals surface area contributed by atoms with E-state index in [9.17, 15) is 4.79 Å². The van der Waals surface area contributed by atoms with Gasteiger partial charge in [0.1, 0.15) is 11.4 Å². The molecular formula is C15H20O4. The lowest BCUT2D eigenvalue weighted by molar-refractivity contribution is -0.148. The minimum atomic E-state index is -0.383. The van der Waals surface area contributed by atoms with E-state index < -0.39 is 0 Å². The third-order valence-corrected chi connectivity index (χ3v) is 3.62. The highest BCUT2D eigenvalue weighted by molar-refractivity contribution is 5.70. The Balaban J connectivity index is 1.99. The SMILES string of the molecule is COC(=O)CC1(Oc2ccc(CCO)cc2)CCC1. The summed E-state index contributed by atoms with van der Waals surface area (Å²) in [6.07, 6.45) is 3.82. The van der Waals surface area contributed by atoms with Crippen molar-refractivity contribution in [2.24, 2.45) is 0 Å². The molecule has 0 spiro atoms. The fourth-order valence-corrected chi connectivity index (χ4v) is 2.32. The lowest BCUT2D eigenvalue weighted by Gasteiger charge is -2.41. The highest BCUT2D eigenvalue weighted by atomic mass is 16.5. The van der Waals surface area contributed by atoms with E-state index in [1.807, 2.05) is 24.3 Å². The molecule has 0 amide bonds. The van der Waals surface area contributed by atoms with Gasteiger partial charge in [0, 0.05) is 6.61 Å². The Hall–Kier alpha value is -1.55. The van der Waals surface area contributed by atoms with Gasteiger partial charge in [-0.3, -0.25) is 4.79 Å². The van der Waals surface area contributed by atoms with Crippen LogP contribution in [0.3, 0.4) is 0 Å². The topological polar surface area (TPSA) is 55.8 Å². The molecule has 0 heterocycles. The summed E-state index contributed by atoms with van der Waals surface area (Å²) in [5.41, 5.74) is 0.691. The predicted molar refractivity (Wildman–Crippen MR) is 71.1 cm³/mol. The molecule has 2 rings (SSSR count). The van der Waals surface area contributed by atoms with E-state index in [2.05, 4.69) is 0 Å². The summed E-state index contributed by atoms with van der Waals surface area (Å²) in [5, 5.41) is 8.87. The maximum absolute atomic E-state index is 11.4. The molecular weight excluding hydrogens is 244 g/mol. The van der Waals surface area contributed by atoms with Crippen molar-refractivity contribution in [3.63, 3.8) is 0 Å². The van der Waals surface area contributed by atoms with E-state index in [0.717, 1.165) is 30.6 Å². The number of methoxy groups -OCH3 is 1. The first-order valence-electron chi connectivity index (χ1n) is 6.63. The predicted octanol–water partition coefficient (Wildman–Crippen LogP) is 2.09. The Kier molecular flexibility index (Phi) is 4.43. The summed E-state index contributed by atoms with van der Waals surface area (Å²) in [7, 11) is 1.40. The van der Waals surface area contributed by atoms with E-state index in [-0.39, 0.29) is 18.2 Å². The number of carbonyl (C=O) groups is 1. The molecule has 0 saturated heterocycles. The number of aliphatic hydroxyl groups excluding tert-OH is 1. The van der Waals surface area contributed by atoms with Gasteiger partial charge in [-0.05, 0) is 43.4 Å². The van der Waals surface area contributed by atoms with Gasteiger partial charge in [-0.2, -0.15) is 0 Å². The number of hydrogen-bond donors (Lipinski definition) is 1. The zero-order chi connectivity index (χ0) is 13.7. The minimum Gasteiger partial charge on any atom is -0.487 e. The second-order valence-electron chi connectivity index (χ2n) is 5.01. The quantitative estimate of drug-likeness (QED) is 0.799. The first-order chi connectivity index (χ1) is 9.17. The van der Waals surface area contributed by atoms with Crippen molar-refractivity contribution >= 4 is 5.97 Å². The number of carbonyl (C=O) groups excluding carboxylic acids is 1. The number of rotatable bonds is 6. The van der Waals surface area contributed by atoms with Crippen molar-refractivity contribution in [3.05, 3.63) is 29.8 Å². The Labute approximate surface area is 113 Å². The van der Waals surface area contributed by atoms with Crippen LogP contribution >= 0.6 is 0 Å². The van der Waals surface area contributed by atoms with Crippen molar-refractivity contribution in [3.8, 4) is 5.75 Å². The van der Waals surface area contributed by atoms with E-state index in [4.69, 9.17) is 14.6 Å². The summed E-state index contributed by atoms with van der Waals surface area (Å²) in [5.74, 6) is 0.543. The average molecular weight is 264 g/mol. The van der Waals surface area contributed by atoms with E-state index in [1.165, 1.54) is 7.11 Å². The molecule has 4 heteroatoms. The summed E-state index contributed by atoms with van der Waals surface area (Å²) in [6.45, 7) is 0.145. The summed E-state index contributed by atoms with van der Waals surface area (Å²) in [4.78, 5) is 11.4. The van der Waals surface area contributed by atoms with Gasteiger partial charge in [0.05, 0.1) is 13.5 Å². The van der Waals surface area contributed by atoms with Crippen LogP contribution in [-0.2, 0) is 16.0 Å². The molecule has 1 aromatic rings. The van der Waals surface area contributed by atoms with Gasteiger partial charge in [-0.25, -0.2) is 0 Å². The van der Waals surface area contributed by atoms with Crippen LogP contribution in [0.2, 0.25) is 0 Å². The first kappa shape index (κ1) is 13.9. The van der Waals surface area contributed by atoms with Gasteiger partial charge in [0.25, 0.3) is 0 Å². The van der Waals surface area contributed by atoms with E-state index in [0.29, 0.717) is 12.8 Å². The Morgan fingerprint density at radius 2 is 2.00 bits per heavy atom. The third kappa shape index (κ3) is 3.47. The zero-order valence-electron chi connectivity index (χ0n) is 11.2. The molecule has 104 valence electrons. The van der Waals surface area contributed by atoms with Crippen molar-refractivity contribution in [2.45, 2.75) is 37.7 Å². The number of esters is 1. The molecule has 4 nitrogen and oxygen atoms in total. The van der Waals surface area contributed by atoms with Crippen molar-refractivity contribution in [1.29, 1.82) is 0 Å². The van der Waals surface area contributed by atoms with Gasteiger partial charge >= 0.3 is 5.97 Å². The summed E-state index contributed by atoms with van der Waals surface area (Å²) < 4.78 is 10.7. The molecule has 0 radical (unpaired) electrons. The van der Waals surface area contributed by atoms with Crippen LogP contribution in [0.5, 0.6) is 5.75 Å². The minimum absolute atomic E-state index is 0.145. The van der Waals surface area contributed by atoms with Crippen molar-refractivity contribution in [2.75, 3.05) is 13.7 Å². The normalized spacial score (nSPS) is 16.5. The van der Waals surface area contributed by atoms with Gasteiger partial charge in [-0.1, -0.05) is 12.1 Å². The van der Waals surface area contributed by atoms with Crippen LogP contribution in [0.15, 0.2) is 24.3 Å². The Bertz CT molecular complexity index is 420. The highest BCUT2D eigenvalue weighted by Crippen LogP contribution is 2.39. The molecule has 0 aromatic heterocycles. The van der Waals surface area contributed by atoms with E-state index >= 15 is 0 Å². The third-order valence-electron chi connectivity index (χ3n) is 3.62. The average Bonchev–Trinajstić information content (AvgIpc) is 2.38. The van der Waals surface area contributed by atoms with Gasteiger partial charge in [0.15, 0.2) is 0 Å². The Morgan fingerprint density at radius 3 is 2.47 bits per heavy atom. The van der Waals surface area contributed by atoms with Crippen molar-refractivity contribution in [1.82, 2.24) is 0 Å². The maximum Gasteiger partial charge on any atom is 0.309 e. The molecule has 19 heavy (non-hydrogen) atoms. The molecule has 1 aliphatic carbocycles. The van der Waals surface area contributed by atoms with Gasteiger partial charge in [0.2, 0.25) is 0 Å². The maximum atomic E-state index is 11.4. The fraction of sp³-hybridized carbons (Fsp3) is 0.533. The molecule has 1 aliphatic rings. The molecule has 0 atom stereocenters. The monoisotopic (exact) mass is 264 g/mol. The van der Waals surface area contributed by atoms with Crippen molar-refractivity contribution < 1.29 is 19.4 Å². The molecule has 0 unspecified atom stereocenters. The molecule has 0 bridgehead atoms. The number of aliphatic hydroxyl groups is 1. The molecule has 1 N–H and O–H groups in total. The van der Waals surface area contributed by atoms with Crippen LogP contribution in [0.4, 0.5) is 0 Å². The van der Waals surface area contributed by atoms with Gasteiger partial charge < -0.3 is 14.6 Å². The number of ether oxygens (including phenoxy) is 2. The molecule has 0 aliphatic heterocycles. The zero-order valence-corrected chi connectivity index (χ0v) is 11.2. The number of benzene rings is 1. The largest absolute Gasteiger partial charge is 0.487 e. The standard InChI is InChI=1S/C15H20O4/c1-18-14(17)11-15(8-2-9-15)19-13-5-3-12(4-6-13)7-10-16/h3-6,16H,2,7-11H2,1H3. The summed E-state index contributed by atoms with van der Waals surface area (Å²) in [6, 6.07) is 7.66. The van der Waals surface area contributed by atoms with Gasteiger partial charge in [-0.15, -0.1) is 0 Å². The highest BCUT2D eigenvalue weighted by Gasteiger charge is 2.41. The lowest BCUT2D eigenvalue weighted by atomic mass is 9.77. The lowest BCUT2D eigenvalue weighted by Crippen LogP contribution is -2.45. The van der Waals surface area contributed by atoms with Crippen LogP contribution in [-0.4, -0.2) is 30.4 Å². The first-order valence-corrected chi connectivity index (χ1v) is 6.63. The van der Waals surface area contributed by atoms with Crippen LogP contribution in [0.1, 0.15) is 31.2 Å². The molecule has 1 saturated carbocycles. The van der Waals surface area contributed by atoms with E-state index in [1.54, 1.807) is 0 Å². The van der Waals surface area contributed by atoms with Crippen LogP contribution in [0.25, 0.3) is 0 Å². The fourth-order valence-electron chi connectivity index (χ4n) is 2.32. The Morgan fingerprint density at radius 1 is 1.32 bits per heavy atom. The molecule has 1 aromatic carbocycles. The second-order valence-corrected chi connectivity index (χ2v) is 5.01. The smallest absolute Gasteiger partial charge is 0.309 e. The second kappa shape index (κ2) is 6.06. The van der Waals surface area contributed by atoms with Crippen LogP contribution < -0.4 is 4.74 Å². The molecule has 1 fully saturated rings. The summed E-state index contributed by atoms with van der Waals surface area (Å²) >= 11 is 0.